The topological polar surface area (TPSA) is 41.3 Å². The SMILES string of the molecule is CN(CNN)c1ccc(F)cc1F. The third kappa shape index (κ3) is 2.37. The van der Waals surface area contributed by atoms with Gasteiger partial charge >= 0.3 is 0 Å². The lowest BCUT2D eigenvalue weighted by molar-refractivity contribution is 0.578. The number of anilines is 1. The number of benzene rings is 1. The van der Waals surface area contributed by atoms with Crippen LogP contribution in [-0.4, -0.2) is 13.7 Å². The van der Waals surface area contributed by atoms with E-state index in [0.717, 1.165) is 6.07 Å². The highest BCUT2D eigenvalue weighted by Crippen LogP contribution is 2.17. The summed E-state index contributed by atoms with van der Waals surface area (Å²) in [6.45, 7) is 0.294. The minimum atomic E-state index is -0.599. The summed E-state index contributed by atoms with van der Waals surface area (Å²) in [6.07, 6.45) is 0. The summed E-state index contributed by atoms with van der Waals surface area (Å²) in [6, 6.07) is 3.40. The van der Waals surface area contributed by atoms with Gasteiger partial charge in [-0.1, -0.05) is 0 Å². The van der Waals surface area contributed by atoms with E-state index >= 15 is 0 Å². The fourth-order valence-corrected chi connectivity index (χ4v) is 1.01. The summed E-state index contributed by atoms with van der Waals surface area (Å²) in [4.78, 5) is 1.54. The van der Waals surface area contributed by atoms with Crippen LogP contribution in [0.2, 0.25) is 0 Å². The standard InChI is InChI=1S/C8H11F2N3/c1-13(5-12-11)8-3-2-6(9)4-7(8)10/h2-4,12H,5,11H2,1H3. The Bertz CT molecular complexity index is 291. The molecule has 0 unspecified atom stereocenters. The van der Waals surface area contributed by atoms with Crippen molar-refractivity contribution in [3.63, 3.8) is 0 Å². The van der Waals surface area contributed by atoms with E-state index in [-0.39, 0.29) is 0 Å². The van der Waals surface area contributed by atoms with Crippen LogP contribution in [-0.2, 0) is 0 Å². The first-order chi connectivity index (χ1) is 6.15. The molecule has 0 radical (unpaired) electrons. The van der Waals surface area contributed by atoms with Crippen molar-refractivity contribution in [2.75, 3.05) is 18.6 Å². The number of nitrogens with zero attached hydrogens (tertiary/aromatic N) is 1. The predicted molar refractivity (Wildman–Crippen MR) is 47.0 cm³/mol. The van der Waals surface area contributed by atoms with Crippen LogP contribution in [0.3, 0.4) is 0 Å². The van der Waals surface area contributed by atoms with Crippen molar-refractivity contribution < 1.29 is 8.78 Å². The number of nitrogens with one attached hydrogen (secondary N) is 1. The maximum atomic E-state index is 13.1. The molecule has 0 aromatic heterocycles. The van der Waals surface area contributed by atoms with E-state index in [0.29, 0.717) is 12.4 Å². The van der Waals surface area contributed by atoms with Gasteiger partial charge in [-0.05, 0) is 12.1 Å². The maximum Gasteiger partial charge on any atom is 0.149 e. The van der Waals surface area contributed by atoms with E-state index in [4.69, 9.17) is 5.84 Å². The zero-order chi connectivity index (χ0) is 9.84. The average molecular weight is 187 g/mol. The first kappa shape index (κ1) is 9.88. The molecular weight excluding hydrogens is 176 g/mol. The highest BCUT2D eigenvalue weighted by atomic mass is 19.1. The van der Waals surface area contributed by atoms with Crippen LogP contribution in [0, 0.1) is 11.6 Å². The third-order valence-electron chi connectivity index (χ3n) is 1.65. The zero-order valence-corrected chi connectivity index (χ0v) is 7.22. The van der Waals surface area contributed by atoms with Gasteiger partial charge < -0.3 is 4.90 Å². The number of hydrogen-bond donors (Lipinski definition) is 2. The molecular formula is C8H11F2N3. The molecule has 0 spiro atoms. The molecule has 0 saturated carbocycles. The molecule has 1 aromatic carbocycles. The second-order valence-corrected chi connectivity index (χ2v) is 2.66. The average Bonchev–Trinajstić information content (AvgIpc) is 2.04. The van der Waals surface area contributed by atoms with Gasteiger partial charge in [0.2, 0.25) is 0 Å². The normalized spacial score (nSPS) is 10.2. The number of hydrazine groups is 1. The van der Waals surface area contributed by atoms with E-state index in [1.54, 1.807) is 7.05 Å². The van der Waals surface area contributed by atoms with Crippen molar-refractivity contribution in [3.05, 3.63) is 29.8 Å². The van der Waals surface area contributed by atoms with Crippen LogP contribution in [0.5, 0.6) is 0 Å². The molecule has 72 valence electrons. The Morgan fingerprint density at radius 2 is 2.15 bits per heavy atom. The number of halogens is 2. The lowest BCUT2D eigenvalue weighted by Crippen LogP contribution is -2.35. The van der Waals surface area contributed by atoms with Gasteiger partial charge in [-0.25, -0.2) is 14.2 Å². The summed E-state index contributed by atoms with van der Waals surface area (Å²) >= 11 is 0. The van der Waals surface area contributed by atoms with Crippen LogP contribution >= 0.6 is 0 Å². The van der Waals surface area contributed by atoms with Crippen molar-refractivity contribution in [3.8, 4) is 0 Å². The van der Waals surface area contributed by atoms with Crippen LogP contribution in [0.15, 0.2) is 18.2 Å². The van der Waals surface area contributed by atoms with Gasteiger partial charge in [-0.3, -0.25) is 5.84 Å². The number of rotatable bonds is 3. The first-order valence-electron chi connectivity index (χ1n) is 3.75. The van der Waals surface area contributed by atoms with Crippen LogP contribution in [0.1, 0.15) is 0 Å². The molecule has 0 aliphatic heterocycles. The predicted octanol–water partition coefficient (Wildman–Crippen LogP) is 0.822. The van der Waals surface area contributed by atoms with E-state index in [9.17, 15) is 8.78 Å². The highest BCUT2D eigenvalue weighted by molar-refractivity contribution is 5.46. The maximum absolute atomic E-state index is 13.1. The molecule has 0 bridgehead atoms. The Labute approximate surface area is 75.1 Å². The lowest BCUT2D eigenvalue weighted by Gasteiger charge is -2.18. The molecule has 0 fully saturated rings. The first-order valence-corrected chi connectivity index (χ1v) is 3.75. The fourth-order valence-electron chi connectivity index (χ4n) is 1.01. The number of nitrogens with two attached hydrogens (primary N) is 1. The van der Waals surface area contributed by atoms with E-state index in [1.165, 1.54) is 17.0 Å². The second kappa shape index (κ2) is 4.15. The highest BCUT2D eigenvalue weighted by Gasteiger charge is 2.06. The Balaban J connectivity index is 2.88. The fraction of sp³-hybridized carbons (Fsp3) is 0.250. The smallest absolute Gasteiger partial charge is 0.149 e. The van der Waals surface area contributed by atoms with Crippen molar-refractivity contribution in [1.82, 2.24) is 5.43 Å². The summed E-state index contributed by atoms with van der Waals surface area (Å²) in [5, 5.41) is 0. The quantitative estimate of drug-likeness (QED) is 0.418. The largest absolute Gasteiger partial charge is 0.358 e. The molecule has 3 nitrogen and oxygen atoms in total. The van der Waals surface area contributed by atoms with Crippen LogP contribution in [0.4, 0.5) is 14.5 Å². The van der Waals surface area contributed by atoms with Crippen molar-refractivity contribution >= 4 is 5.69 Å². The van der Waals surface area contributed by atoms with Crippen LogP contribution < -0.4 is 16.2 Å². The van der Waals surface area contributed by atoms with Gasteiger partial charge in [0.25, 0.3) is 0 Å². The monoisotopic (exact) mass is 187 g/mol. The van der Waals surface area contributed by atoms with Crippen molar-refractivity contribution in [2.24, 2.45) is 5.84 Å². The zero-order valence-electron chi connectivity index (χ0n) is 7.22. The Hall–Kier alpha value is -1.20. The molecule has 0 amide bonds. The third-order valence-corrected chi connectivity index (χ3v) is 1.65. The molecule has 1 aromatic rings. The lowest BCUT2D eigenvalue weighted by atomic mass is 10.3. The minimum Gasteiger partial charge on any atom is -0.358 e. The van der Waals surface area contributed by atoms with Crippen LogP contribution in [0.25, 0.3) is 0 Å². The summed E-state index contributed by atoms with van der Waals surface area (Å²) in [5.74, 6) is 3.87. The summed E-state index contributed by atoms with van der Waals surface area (Å²) in [5.41, 5.74) is 2.68. The molecule has 0 aliphatic rings. The molecule has 0 heterocycles. The Kier molecular flexibility index (Phi) is 3.16. The number of hydrogen-bond acceptors (Lipinski definition) is 3. The Morgan fingerprint density at radius 1 is 1.46 bits per heavy atom. The van der Waals surface area contributed by atoms with Gasteiger partial charge in [0, 0.05) is 13.1 Å². The molecule has 5 heteroatoms. The van der Waals surface area contributed by atoms with Gasteiger partial charge in [0.15, 0.2) is 0 Å². The van der Waals surface area contributed by atoms with Gasteiger partial charge in [0.1, 0.15) is 11.6 Å². The molecule has 0 aliphatic carbocycles. The van der Waals surface area contributed by atoms with Gasteiger partial charge in [-0.2, -0.15) is 0 Å². The minimum absolute atomic E-state index is 0.294. The van der Waals surface area contributed by atoms with E-state index in [2.05, 4.69) is 5.43 Å². The molecule has 0 saturated heterocycles. The summed E-state index contributed by atoms with van der Waals surface area (Å²) < 4.78 is 25.6. The molecule has 13 heavy (non-hydrogen) atoms. The Morgan fingerprint density at radius 3 is 2.69 bits per heavy atom. The molecule has 3 N–H and O–H groups in total. The van der Waals surface area contributed by atoms with Crippen molar-refractivity contribution in [2.45, 2.75) is 0 Å². The van der Waals surface area contributed by atoms with Gasteiger partial charge in [-0.15, -0.1) is 0 Å². The molecule has 1 rings (SSSR count). The van der Waals surface area contributed by atoms with Crippen molar-refractivity contribution in [1.29, 1.82) is 0 Å². The molecule has 0 atom stereocenters. The van der Waals surface area contributed by atoms with Gasteiger partial charge in [0.05, 0.1) is 12.4 Å². The summed E-state index contributed by atoms with van der Waals surface area (Å²) in [7, 11) is 1.65. The second-order valence-electron chi connectivity index (χ2n) is 2.66. The van der Waals surface area contributed by atoms with E-state index in [1.807, 2.05) is 0 Å². The van der Waals surface area contributed by atoms with E-state index < -0.39 is 11.6 Å².